The largest absolute Gasteiger partial charge is 0.469 e. The molecule has 1 aromatic carbocycles. The summed E-state index contributed by atoms with van der Waals surface area (Å²) in [5, 5.41) is 0. The van der Waals surface area contributed by atoms with Crippen molar-refractivity contribution < 1.29 is 19.1 Å². The van der Waals surface area contributed by atoms with Crippen molar-refractivity contribution in [3.8, 4) is 0 Å². The van der Waals surface area contributed by atoms with Gasteiger partial charge in [0, 0.05) is 29.6 Å². The van der Waals surface area contributed by atoms with Gasteiger partial charge in [0.25, 0.3) is 0 Å². The van der Waals surface area contributed by atoms with E-state index in [1.165, 1.54) is 19.8 Å². The van der Waals surface area contributed by atoms with E-state index >= 15 is 0 Å². The Bertz CT molecular complexity index is 311. The molecular weight excluding hydrogens is 231 g/mol. The van der Waals surface area contributed by atoms with Gasteiger partial charge in [0.1, 0.15) is 6.42 Å². The molecule has 0 bridgehead atoms. The molecule has 0 saturated heterocycles. The van der Waals surface area contributed by atoms with Crippen LogP contribution in [-0.2, 0) is 19.1 Å². The molecule has 0 saturated carbocycles. The summed E-state index contributed by atoms with van der Waals surface area (Å²) >= 11 is 0. The fourth-order valence-corrected chi connectivity index (χ4v) is 0.797. The Morgan fingerprint density at radius 3 is 1.65 bits per heavy atom. The van der Waals surface area contributed by atoms with Crippen LogP contribution in [0.25, 0.3) is 0 Å². The first kappa shape index (κ1) is 18.5. The van der Waals surface area contributed by atoms with Crippen LogP contribution in [0.3, 0.4) is 0 Å². The van der Waals surface area contributed by atoms with Gasteiger partial charge < -0.3 is 9.47 Å². The smallest absolute Gasteiger partial charge is 0.316 e. The maximum atomic E-state index is 10.3. The van der Waals surface area contributed by atoms with E-state index in [0.29, 0.717) is 0 Å². The van der Waals surface area contributed by atoms with Crippen LogP contribution in [0.15, 0.2) is 30.3 Å². The number of benzene rings is 1. The summed E-state index contributed by atoms with van der Waals surface area (Å²) in [5.41, 5.74) is 1.32. The van der Waals surface area contributed by atoms with Crippen molar-refractivity contribution in [1.82, 2.24) is 0 Å². The molecule has 5 heteroatoms. The Hall–Kier alpha value is -0.840. The van der Waals surface area contributed by atoms with Gasteiger partial charge in [0.2, 0.25) is 0 Å². The molecule has 0 spiro atoms. The second-order valence-corrected chi connectivity index (χ2v) is 2.98. The van der Waals surface area contributed by atoms with Gasteiger partial charge in [-0.05, 0) is 6.92 Å². The Morgan fingerprint density at radius 2 is 1.41 bits per heavy atom. The minimum Gasteiger partial charge on any atom is -0.469 e. The number of rotatable bonds is 2. The first-order chi connectivity index (χ1) is 7.60. The number of carbonyl (C=O) groups is 2. The van der Waals surface area contributed by atoms with Gasteiger partial charge in [0.15, 0.2) is 0 Å². The molecule has 0 unspecified atom stereocenters. The number of esters is 2. The van der Waals surface area contributed by atoms with Crippen molar-refractivity contribution in [3.05, 3.63) is 35.9 Å². The van der Waals surface area contributed by atoms with E-state index in [9.17, 15) is 9.59 Å². The SMILES string of the molecule is COC(=O)CC(=O)OC.Cc1ccccc1.[Na]. The van der Waals surface area contributed by atoms with Gasteiger partial charge in [-0.25, -0.2) is 0 Å². The van der Waals surface area contributed by atoms with Gasteiger partial charge in [-0.1, -0.05) is 35.9 Å². The number of aryl methyl sites for hydroxylation is 1. The molecule has 0 N–H and O–H groups in total. The van der Waals surface area contributed by atoms with Crippen LogP contribution in [0.5, 0.6) is 0 Å². The summed E-state index contributed by atoms with van der Waals surface area (Å²) in [6.07, 6.45) is -0.312. The van der Waals surface area contributed by atoms with Gasteiger partial charge in [-0.3, -0.25) is 9.59 Å². The fourth-order valence-electron chi connectivity index (χ4n) is 0.797. The van der Waals surface area contributed by atoms with Crippen molar-refractivity contribution in [2.45, 2.75) is 13.3 Å². The van der Waals surface area contributed by atoms with E-state index in [1.807, 2.05) is 18.2 Å². The van der Waals surface area contributed by atoms with E-state index in [0.717, 1.165) is 0 Å². The monoisotopic (exact) mass is 247 g/mol. The van der Waals surface area contributed by atoms with Crippen LogP contribution < -0.4 is 0 Å². The summed E-state index contributed by atoms with van der Waals surface area (Å²) in [7, 11) is 2.43. The fraction of sp³-hybridized carbons (Fsp3) is 0.333. The van der Waals surface area contributed by atoms with Crippen molar-refractivity contribution in [2.75, 3.05) is 14.2 Å². The van der Waals surface area contributed by atoms with E-state index in [-0.39, 0.29) is 36.0 Å². The van der Waals surface area contributed by atoms with Crippen LogP contribution in [0.2, 0.25) is 0 Å². The average molecular weight is 247 g/mol. The molecule has 4 nitrogen and oxygen atoms in total. The molecule has 0 aromatic heterocycles. The second-order valence-electron chi connectivity index (χ2n) is 2.98. The van der Waals surface area contributed by atoms with E-state index in [4.69, 9.17) is 0 Å². The van der Waals surface area contributed by atoms with E-state index in [1.54, 1.807) is 0 Å². The molecule has 0 aliphatic carbocycles. The van der Waals surface area contributed by atoms with Crippen LogP contribution >= 0.6 is 0 Å². The molecule has 0 aliphatic heterocycles. The molecule has 17 heavy (non-hydrogen) atoms. The van der Waals surface area contributed by atoms with Crippen LogP contribution in [0.4, 0.5) is 0 Å². The summed E-state index contributed by atoms with van der Waals surface area (Å²) in [6, 6.07) is 10.3. The van der Waals surface area contributed by atoms with Crippen LogP contribution in [-0.4, -0.2) is 55.7 Å². The minimum absolute atomic E-state index is 0. The first-order valence-corrected chi connectivity index (χ1v) is 4.75. The Kier molecular flexibility index (Phi) is 12.7. The Morgan fingerprint density at radius 1 is 1.00 bits per heavy atom. The van der Waals surface area contributed by atoms with Crippen molar-refractivity contribution >= 4 is 41.5 Å². The van der Waals surface area contributed by atoms with Gasteiger partial charge in [0.05, 0.1) is 14.2 Å². The third-order valence-electron chi connectivity index (χ3n) is 1.68. The average Bonchev–Trinajstić information content (AvgIpc) is 2.30. The number of ether oxygens (including phenoxy) is 2. The molecule has 0 aliphatic rings. The number of hydrogen-bond acceptors (Lipinski definition) is 4. The zero-order valence-electron chi connectivity index (χ0n) is 10.7. The van der Waals surface area contributed by atoms with E-state index < -0.39 is 11.9 Å². The number of methoxy groups -OCH3 is 2. The van der Waals surface area contributed by atoms with Crippen LogP contribution in [0.1, 0.15) is 12.0 Å². The third kappa shape index (κ3) is 11.4. The van der Waals surface area contributed by atoms with Gasteiger partial charge in [-0.2, -0.15) is 0 Å². The molecule has 1 aromatic rings. The molecule has 0 heterocycles. The Labute approximate surface area is 124 Å². The standard InChI is InChI=1S/C7H8.C5H8O4.Na/c1-7-5-3-2-4-6-7;1-8-4(6)3-5(7)9-2;/h2-6H,1H3;3H2,1-2H3;. The molecule has 0 amide bonds. The zero-order chi connectivity index (χ0) is 12.4. The van der Waals surface area contributed by atoms with Crippen molar-refractivity contribution in [3.63, 3.8) is 0 Å². The Balaban J connectivity index is 0. The van der Waals surface area contributed by atoms with Crippen molar-refractivity contribution in [2.24, 2.45) is 0 Å². The minimum atomic E-state index is -0.582. The summed E-state index contributed by atoms with van der Waals surface area (Å²) in [5.74, 6) is -1.16. The van der Waals surface area contributed by atoms with Crippen molar-refractivity contribution in [1.29, 1.82) is 0 Å². The van der Waals surface area contributed by atoms with Gasteiger partial charge in [-0.15, -0.1) is 0 Å². The molecular formula is C12H16NaO4. The van der Waals surface area contributed by atoms with Gasteiger partial charge >= 0.3 is 11.9 Å². The summed E-state index contributed by atoms with van der Waals surface area (Å²) < 4.78 is 8.37. The molecule has 89 valence electrons. The predicted octanol–water partition coefficient (Wildman–Crippen LogP) is 1.34. The second kappa shape index (κ2) is 11.6. The molecule has 1 rings (SSSR count). The number of carbonyl (C=O) groups excluding carboxylic acids is 2. The predicted molar refractivity (Wildman–Crippen MR) is 65.6 cm³/mol. The maximum Gasteiger partial charge on any atom is 0.316 e. The molecule has 0 fully saturated rings. The third-order valence-corrected chi connectivity index (χ3v) is 1.68. The zero-order valence-corrected chi connectivity index (χ0v) is 12.7. The summed E-state index contributed by atoms with van der Waals surface area (Å²) in [6.45, 7) is 2.08. The van der Waals surface area contributed by atoms with Crippen LogP contribution in [0, 0.1) is 6.92 Å². The first-order valence-electron chi connectivity index (χ1n) is 4.75. The maximum absolute atomic E-state index is 10.3. The number of hydrogen-bond donors (Lipinski definition) is 0. The molecule has 0 atom stereocenters. The topological polar surface area (TPSA) is 52.6 Å². The summed E-state index contributed by atoms with van der Waals surface area (Å²) in [4.78, 5) is 20.5. The quantitative estimate of drug-likeness (QED) is 0.449. The normalized spacial score (nSPS) is 7.94. The van der Waals surface area contributed by atoms with E-state index in [2.05, 4.69) is 28.5 Å². The molecule has 1 radical (unpaired) electrons.